The maximum absolute atomic E-state index is 12.2. The molecule has 0 aliphatic rings. The van der Waals surface area contributed by atoms with Gasteiger partial charge in [0.05, 0.1) is 6.26 Å². The number of carbonyl (C=O) groups excluding carboxylic acids is 3. The molecule has 0 unspecified atom stereocenters. The fourth-order valence-electron chi connectivity index (χ4n) is 2.03. The lowest BCUT2D eigenvalue weighted by molar-refractivity contribution is -0.154. The lowest BCUT2D eigenvalue weighted by Crippen LogP contribution is -2.42. The minimum absolute atomic E-state index is 0.0758. The molecule has 26 heavy (non-hydrogen) atoms. The van der Waals surface area contributed by atoms with Crippen LogP contribution in [0.2, 0.25) is 5.02 Å². The zero-order chi connectivity index (χ0) is 19.3. The third kappa shape index (κ3) is 5.10. The molecule has 0 radical (unpaired) electrons. The van der Waals surface area contributed by atoms with Gasteiger partial charge in [-0.15, -0.1) is 0 Å². The fraction of sp³-hybridized carbons (Fsp3) is 0.278. The van der Waals surface area contributed by atoms with Crippen LogP contribution in [0.25, 0.3) is 0 Å². The first-order chi connectivity index (χ1) is 12.3. The second kappa shape index (κ2) is 8.53. The van der Waals surface area contributed by atoms with E-state index in [4.69, 9.17) is 20.8 Å². The number of anilines is 1. The molecule has 0 aliphatic heterocycles. The molecule has 1 aromatic heterocycles. The van der Waals surface area contributed by atoms with Gasteiger partial charge in [-0.1, -0.05) is 17.7 Å². The van der Waals surface area contributed by atoms with Crippen molar-refractivity contribution in [2.75, 3.05) is 5.32 Å². The first kappa shape index (κ1) is 19.5. The summed E-state index contributed by atoms with van der Waals surface area (Å²) < 4.78 is 10.0. The van der Waals surface area contributed by atoms with Gasteiger partial charge in [0.15, 0.2) is 11.9 Å². The number of aryl methyl sites for hydroxylation is 1. The number of amides is 2. The third-order valence-electron chi connectivity index (χ3n) is 3.57. The van der Waals surface area contributed by atoms with E-state index in [0.29, 0.717) is 10.7 Å². The van der Waals surface area contributed by atoms with Crippen LogP contribution in [0.3, 0.4) is 0 Å². The maximum atomic E-state index is 12.2. The molecular weight excluding hydrogens is 360 g/mol. The lowest BCUT2D eigenvalue weighted by atomic mass is 10.2. The molecule has 1 aromatic carbocycles. The molecule has 0 saturated carbocycles. The Balaban J connectivity index is 1.90. The van der Waals surface area contributed by atoms with Crippen molar-refractivity contribution < 1.29 is 23.5 Å². The molecule has 0 saturated heterocycles. The van der Waals surface area contributed by atoms with Crippen molar-refractivity contribution in [3.63, 3.8) is 0 Å². The highest BCUT2D eigenvalue weighted by Crippen LogP contribution is 2.20. The maximum Gasteiger partial charge on any atom is 0.329 e. The van der Waals surface area contributed by atoms with Gasteiger partial charge in [0.25, 0.3) is 11.8 Å². The van der Waals surface area contributed by atoms with E-state index in [2.05, 4.69) is 10.6 Å². The Labute approximate surface area is 155 Å². The van der Waals surface area contributed by atoms with Gasteiger partial charge in [0, 0.05) is 10.7 Å². The van der Waals surface area contributed by atoms with E-state index < -0.39 is 29.9 Å². The summed E-state index contributed by atoms with van der Waals surface area (Å²) in [4.78, 5) is 36.1. The number of esters is 1. The first-order valence-electron chi connectivity index (χ1n) is 7.90. The molecule has 0 spiro atoms. The lowest BCUT2D eigenvalue weighted by Gasteiger charge is -2.18. The van der Waals surface area contributed by atoms with Crippen LogP contribution in [0, 0.1) is 6.92 Å². The highest BCUT2D eigenvalue weighted by molar-refractivity contribution is 6.31. The Hall–Kier alpha value is -2.80. The minimum Gasteiger partial charge on any atom is -0.459 e. The molecule has 7 nitrogen and oxygen atoms in total. The smallest absolute Gasteiger partial charge is 0.329 e. The monoisotopic (exact) mass is 378 g/mol. The summed E-state index contributed by atoms with van der Waals surface area (Å²) in [7, 11) is 0. The zero-order valence-corrected chi connectivity index (χ0v) is 15.3. The number of rotatable bonds is 6. The quantitative estimate of drug-likeness (QED) is 0.753. The SMILES string of the molecule is Cc1ccc(Cl)cc1NC(=O)[C@H](C)OC(=O)[C@H](C)NC(=O)c1ccco1. The van der Waals surface area contributed by atoms with Gasteiger partial charge >= 0.3 is 5.97 Å². The van der Waals surface area contributed by atoms with Gasteiger partial charge in [-0.05, 0) is 50.6 Å². The molecule has 2 N–H and O–H groups in total. The summed E-state index contributed by atoms with van der Waals surface area (Å²) in [5, 5.41) is 5.57. The largest absolute Gasteiger partial charge is 0.459 e. The van der Waals surface area contributed by atoms with Crippen LogP contribution in [0.15, 0.2) is 41.0 Å². The first-order valence-corrected chi connectivity index (χ1v) is 8.27. The summed E-state index contributed by atoms with van der Waals surface area (Å²) in [6, 6.07) is 7.16. The van der Waals surface area contributed by atoms with Crippen LogP contribution in [-0.4, -0.2) is 29.9 Å². The van der Waals surface area contributed by atoms with Crippen LogP contribution in [-0.2, 0) is 14.3 Å². The van der Waals surface area contributed by atoms with Crippen LogP contribution in [0.5, 0.6) is 0 Å². The van der Waals surface area contributed by atoms with Crippen molar-refractivity contribution in [1.29, 1.82) is 0 Å². The van der Waals surface area contributed by atoms with Gasteiger partial charge in [-0.2, -0.15) is 0 Å². The molecule has 1 heterocycles. The summed E-state index contributed by atoms with van der Waals surface area (Å²) in [5.74, 6) is -1.72. The van der Waals surface area contributed by atoms with Crippen LogP contribution in [0.4, 0.5) is 5.69 Å². The van der Waals surface area contributed by atoms with Crippen LogP contribution >= 0.6 is 11.6 Å². The van der Waals surface area contributed by atoms with Gasteiger partial charge in [-0.3, -0.25) is 9.59 Å². The summed E-state index contributed by atoms with van der Waals surface area (Å²) in [6.45, 7) is 4.71. The highest BCUT2D eigenvalue weighted by Gasteiger charge is 2.24. The summed E-state index contributed by atoms with van der Waals surface area (Å²) >= 11 is 5.91. The van der Waals surface area contributed by atoms with E-state index in [1.165, 1.54) is 26.2 Å². The molecule has 0 bridgehead atoms. The number of nitrogens with one attached hydrogen (secondary N) is 2. The van der Waals surface area contributed by atoms with E-state index in [0.717, 1.165) is 5.56 Å². The average molecular weight is 379 g/mol. The predicted molar refractivity (Wildman–Crippen MR) is 96.0 cm³/mol. The Kier molecular flexibility index (Phi) is 6.41. The van der Waals surface area contributed by atoms with Crippen molar-refractivity contribution in [2.45, 2.75) is 32.9 Å². The molecule has 2 aromatic rings. The van der Waals surface area contributed by atoms with Crippen molar-refractivity contribution in [2.24, 2.45) is 0 Å². The molecule has 2 atom stereocenters. The predicted octanol–water partition coefficient (Wildman–Crippen LogP) is 2.93. The molecule has 138 valence electrons. The topological polar surface area (TPSA) is 97.6 Å². The van der Waals surface area contributed by atoms with Gasteiger partial charge in [-0.25, -0.2) is 4.79 Å². The summed E-state index contributed by atoms with van der Waals surface area (Å²) in [5.41, 5.74) is 1.35. The van der Waals surface area contributed by atoms with Crippen LogP contribution < -0.4 is 10.6 Å². The second-order valence-corrected chi connectivity index (χ2v) is 6.14. The Morgan fingerprint density at radius 1 is 1.19 bits per heavy atom. The Morgan fingerprint density at radius 3 is 2.58 bits per heavy atom. The number of carbonyl (C=O) groups is 3. The number of benzene rings is 1. The number of hydrogen-bond acceptors (Lipinski definition) is 5. The second-order valence-electron chi connectivity index (χ2n) is 5.70. The van der Waals surface area contributed by atoms with Gasteiger partial charge in [0.1, 0.15) is 6.04 Å². The average Bonchev–Trinajstić information content (AvgIpc) is 3.12. The van der Waals surface area contributed by atoms with E-state index in [9.17, 15) is 14.4 Å². The molecule has 8 heteroatoms. The van der Waals surface area contributed by atoms with Crippen molar-refractivity contribution in [3.05, 3.63) is 52.9 Å². The molecule has 2 amide bonds. The van der Waals surface area contributed by atoms with Crippen molar-refractivity contribution in [3.8, 4) is 0 Å². The molecule has 2 rings (SSSR count). The Morgan fingerprint density at radius 2 is 1.92 bits per heavy atom. The molecular formula is C18H19ClN2O5. The van der Waals surface area contributed by atoms with Crippen molar-refractivity contribution >= 4 is 35.1 Å². The fourth-order valence-corrected chi connectivity index (χ4v) is 2.20. The number of halogens is 1. The van der Waals surface area contributed by atoms with E-state index in [1.807, 2.05) is 6.92 Å². The van der Waals surface area contributed by atoms with Crippen LogP contribution in [0.1, 0.15) is 30.0 Å². The highest BCUT2D eigenvalue weighted by atomic mass is 35.5. The molecule has 0 aliphatic carbocycles. The molecule has 0 fully saturated rings. The van der Waals surface area contributed by atoms with Gasteiger partial charge < -0.3 is 19.8 Å². The summed E-state index contributed by atoms with van der Waals surface area (Å²) in [6.07, 6.45) is 0.297. The number of ether oxygens (including phenoxy) is 1. The van der Waals surface area contributed by atoms with E-state index in [-0.39, 0.29) is 5.76 Å². The van der Waals surface area contributed by atoms with E-state index >= 15 is 0 Å². The third-order valence-corrected chi connectivity index (χ3v) is 3.80. The minimum atomic E-state index is -1.05. The number of hydrogen-bond donors (Lipinski definition) is 2. The van der Waals surface area contributed by atoms with Crippen molar-refractivity contribution in [1.82, 2.24) is 5.32 Å². The number of furan rings is 1. The Bertz CT molecular complexity index is 804. The van der Waals surface area contributed by atoms with Gasteiger partial charge in [0.2, 0.25) is 0 Å². The van der Waals surface area contributed by atoms with E-state index in [1.54, 1.807) is 24.3 Å². The standard InChI is InChI=1S/C18H19ClN2O5/c1-10-6-7-13(19)9-14(10)21-16(22)12(3)26-18(24)11(2)20-17(23)15-5-4-8-25-15/h4-9,11-12H,1-3H3,(H,20,23)(H,21,22)/t11-,12-/m0/s1. The normalized spacial score (nSPS) is 12.8. The zero-order valence-electron chi connectivity index (χ0n) is 14.5.